The molecule has 3 rings (SSSR count). The molecule has 0 radical (unpaired) electrons. The van der Waals surface area contributed by atoms with Crippen LogP contribution in [0.15, 0.2) is 59.2 Å². The highest BCUT2D eigenvalue weighted by molar-refractivity contribution is 6.09. The summed E-state index contributed by atoms with van der Waals surface area (Å²) in [6, 6.07) is 6.07. The molecule has 176 valence electrons. The van der Waals surface area contributed by atoms with E-state index in [0.717, 1.165) is 0 Å². The lowest BCUT2D eigenvalue weighted by Crippen LogP contribution is -2.49. The standard InChI is InChI=1S/C25H28O8/c1-13-11-25(3,33-19(29)9-15-5-7-17(27)8-6-15)22(14(2)24(31)32-4)23(30)21-16(12-26)10-18(28)20(13)21/h5-8,10,21-23,26-27,30H,2,9,11-12H2,1,3-4H3. The molecule has 0 spiro atoms. The van der Waals surface area contributed by atoms with E-state index in [0.29, 0.717) is 22.3 Å². The fourth-order valence-electron chi connectivity index (χ4n) is 4.98. The molecule has 0 heterocycles. The molecule has 8 heteroatoms. The second-order valence-electron chi connectivity index (χ2n) is 8.71. The van der Waals surface area contributed by atoms with Crippen LogP contribution in [0.3, 0.4) is 0 Å². The maximum Gasteiger partial charge on any atom is 0.333 e. The molecule has 0 aromatic heterocycles. The lowest BCUT2D eigenvalue weighted by molar-refractivity contribution is -0.168. The minimum absolute atomic E-state index is 0.0617. The molecule has 2 aliphatic carbocycles. The quantitative estimate of drug-likeness (QED) is 0.436. The van der Waals surface area contributed by atoms with Gasteiger partial charge in [-0.2, -0.15) is 0 Å². The Morgan fingerprint density at radius 3 is 2.45 bits per heavy atom. The maximum atomic E-state index is 12.9. The van der Waals surface area contributed by atoms with Gasteiger partial charge in [-0.1, -0.05) is 24.3 Å². The van der Waals surface area contributed by atoms with Crippen LogP contribution in [0.5, 0.6) is 5.75 Å². The molecule has 8 nitrogen and oxygen atoms in total. The van der Waals surface area contributed by atoms with E-state index < -0.39 is 42.1 Å². The monoisotopic (exact) mass is 456 g/mol. The number of fused-ring (bicyclic) bond motifs is 1. The molecule has 0 fully saturated rings. The average molecular weight is 456 g/mol. The van der Waals surface area contributed by atoms with Crippen LogP contribution in [-0.2, 0) is 30.3 Å². The van der Waals surface area contributed by atoms with Crippen molar-refractivity contribution in [1.29, 1.82) is 0 Å². The largest absolute Gasteiger partial charge is 0.508 e. The van der Waals surface area contributed by atoms with Gasteiger partial charge >= 0.3 is 11.9 Å². The fourth-order valence-corrected chi connectivity index (χ4v) is 4.98. The Hall–Kier alpha value is -3.23. The molecule has 2 aliphatic rings. The van der Waals surface area contributed by atoms with Gasteiger partial charge in [-0.25, -0.2) is 4.79 Å². The lowest BCUT2D eigenvalue weighted by atomic mass is 9.74. The number of ether oxygens (including phenoxy) is 2. The summed E-state index contributed by atoms with van der Waals surface area (Å²) >= 11 is 0. The van der Waals surface area contributed by atoms with Gasteiger partial charge < -0.3 is 24.8 Å². The number of aliphatic hydroxyl groups is 2. The van der Waals surface area contributed by atoms with Gasteiger partial charge in [-0.05, 0) is 43.2 Å². The number of methoxy groups -OCH3 is 1. The summed E-state index contributed by atoms with van der Waals surface area (Å²) in [6.07, 6.45) is -0.121. The predicted octanol–water partition coefficient (Wildman–Crippen LogP) is 1.78. The molecule has 0 amide bonds. The third kappa shape index (κ3) is 4.62. The second-order valence-corrected chi connectivity index (χ2v) is 8.71. The Bertz CT molecular complexity index is 1050. The number of ketones is 1. The lowest BCUT2D eigenvalue weighted by Gasteiger charge is -2.40. The number of allylic oxidation sites excluding steroid dienone is 1. The zero-order chi connectivity index (χ0) is 24.5. The average Bonchev–Trinajstić information content (AvgIpc) is 3.06. The van der Waals surface area contributed by atoms with E-state index in [9.17, 15) is 29.7 Å². The summed E-state index contributed by atoms with van der Waals surface area (Å²) in [6.45, 7) is 6.65. The van der Waals surface area contributed by atoms with Crippen LogP contribution in [-0.4, -0.2) is 58.5 Å². The van der Waals surface area contributed by atoms with Gasteiger partial charge in [0.1, 0.15) is 11.4 Å². The summed E-state index contributed by atoms with van der Waals surface area (Å²) in [4.78, 5) is 38.0. The molecule has 4 unspecified atom stereocenters. The van der Waals surface area contributed by atoms with Crippen molar-refractivity contribution in [2.75, 3.05) is 13.7 Å². The summed E-state index contributed by atoms with van der Waals surface area (Å²) in [5.41, 5.74) is 0.309. The van der Waals surface area contributed by atoms with E-state index in [2.05, 4.69) is 6.58 Å². The first-order chi connectivity index (χ1) is 15.5. The van der Waals surface area contributed by atoms with Gasteiger partial charge in [-0.3, -0.25) is 9.59 Å². The summed E-state index contributed by atoms with van der Waals surface area (Å²) < 4.78 is 10.7. The number of esters is 2. The summed E-state index contributed by atoms with van der Waals surface area (Å²) in [5, 5.41) is 30.6. The Balaban J connectivity index is 2.02. The van der Waals surface area contributed by atoms with Crippen LogP contribution in [0.2, 0.25) is 0 Å². The molecule has 1 aromatic carbocycles. The van der Waals surface area contributed by atoms with Crippen molar-refractivity contribution in [2.24, 2.45) is 11.8 Å². The molecule has 1 aromatic rings. The third-order valence-electron chi connectivity index (χ3n) is 6.35. The first-order valence-electron chi connectivity index (χ1n) is 10.5. The smallest absolute Gasteiger partial charge is 0.333 e. The van der Waals surface area contributed by atoms with Gasteiger partial charge in [-0.15, -0.1) is 0 Å². The van der Waals surface area contributed by atoms with E-state index in [-0.39, 0.29) is 29.9 Å². The maximum absolute atomic E-state index is 12.9. The highest BCUT2D eigenvalue weighted by Crippen LogP contribution is 2.48. The van der Waals surface area contributed by atoms with Crippen LogP contribution >= 0.6 is 0 Å². The van der Waals surface area contributed by atoms with Crippen molar-refractivity contribution in [3.05, 3.63) is 64.8 Å². The van der Waals surface area contributed by atoms with Crippen molar-refractivity contribution in [1.82, 2.24) is 0 Å². The number of rotatable bonds is 6. The normalized spacial score (nSPS) is 26.9. The topological polar surface area (TPSA) is 130 Å². The Morgan fingerprint density at radius 1 is 1.24 bits per heavy atom. The highest BCUT2D eigenvalue weighted by Gasteiger charge is 2.53. The Morgan fingerprint density at radius 2 is 1.88 bits per heavy atom. The number of carbonyl (C=O) groups is 3. The molecular weight excluding hydrogens is 428 g/mol. The SMILES string of the molecule is C=C(C(=O)OC)C1C(O)C2C(CO)=CC(=O)C2=C(C)CC1(C)OC(=O)Cc1ccc(O)cc1. The van der Waals surface area contributed by atoms with Gasteiger partial charge in [0.2, 0.25) is 0 Å². The van der Waals surface area contributed by atoms with E-state index in [1.54, 1.807) is 26.0 Å². The van der Waals surface area contributed by atoms with Crippen molar-refractivity contribution in [3.8, 4) is 5.75 Å². The molecule has 0 aliphatic heterocycles. The van der Waals surface area contributed by atoms with Crippen LogP contribution < -0.4 is 0 Å². The number of phenolic OH excluding ortho intramolecular Hbond substituents is 1. The van der Waals surface area contributed by atoms with Crippen LogP contribution in [0, 0.1) is 11.8 Å². The van der Waals surface area contributed by atoms with Crippen molar-refractivity contribution >= 4 is 17.7 Å². The van der Waals surface area contributed by atoms with Crippen LogP contribution in [0.1, 0.15) is 25.8 Å². The fraction of sp³-hybridized carbons (Fsp3) is 0.400. The molecule has 0 saturated heterocycles. The second kappa shape index (κ2) is 9.33. The first kappa shape index (κ1) is 24.4. The zero-order valence-electron chi connectivity index (χ0n) is 18.8. The third-order valence-corrected chi connectivity index (χ3v) is 6.35. The number of aliphatic hydroxyl groups excluding tert-OH is 2. The zero-order valence-corrected chi connectivity index (χ0v) is 18.8. The van der Waals surface area contributed by atoms with Crippen LogP contribution in [0.4, 0.5) is 0 Å². The van der Waals surface area contributed by atoms with Crippen molar-refractivity contribution < 1.29 is 39.2 Å². The molecule has 4 atom stereocenters. The minimum atomic E-state index is -1.43. The summed E-state index contributed by atoms with van der Waals surface area (Å²) in [5.74, 6) is -3.63. The molecule has 3 N–H and O–H groups in total. The number of carbonyl (C=O) groups excluding carboxylic acids is 3. The van der Waals surface area contributed by atoms with E-state index >= 15 is 0 Å². The van der Waals surface area contributed by atoms with Gasteiger partial charge in [0, 0.05) is 23.5 Å². The van der Waals surface area contributed by atoms with Crippen LogP contribution in [0.25, 0.3) is 0 Å². The van der Waals surface area contributed by atoms with E-state index in [1.807, 2.05) is 0 Å². The number of phenols is 1. The number of hydrogen-bond donors (Lipinski definition) is 3. The van der Waals surface area contributed by atoms with Gasteiger partial charge in [0.25, 0.3) is 0 Å². The van der Waals surface area contributed by atoms with Gasteiger partial charge in [0.05, 0.1) is 32.2 Å². The Labute approximate surface area is 191 Å². The van der Waals surface area contributed by atoms with Gasteiger partial charge in [0.15, 0.2) is 5.78 Å². The summed E-state index contributed by atoms with van der Waals surface area (Å²) in [7, 11) is 1.18. The van der Waals surface area contributed by atoms with Crippen molar-refractivity contribution in [2.45, 2.75) is 38.4 Å². The molecule has 0 saturated carbocycles. The van der Waals surface area contributed by atoms with E-state index in [4.69, 9.17) is 9.47 Å². The number of aromatic hydroxyl groups is 1. The molecular formula is C25H28O8. The Kier molecular flexibility index (Phi) is 6.90. The van der Waals surface area contributed by atoms with Crippen molar-refractivity contribution in [3.63, 3.8) is 0 Å². The molecule has 0 bridgehead atoms. The highest BCUT2D eigenvalue weighted by atomic mass is 16.6. The number of benzene rings is 1. The number of hydrogen-bond acceptors (Lipinski definition) is 8. The van der Waals surface area contributed by atoms with E-state index in [1.165, 1.54) is 25.3 Å². The minimum Gasteiger partial charge on any atom is -0.508 e. The predicted molar refractivity (Wildman–Crippen MR) is 118 cm³/mol. The molecule has 33 heavy (non-hydrogen) atoms. The first-order valence-corrected chi connectivity index (χ1v) is 10.5.